The summed E-state index contributed by atoms with van der Waals surface area (Å²) in [6.07, 6.45) is 4.34. The van der Waals surface area contributed by atoms with E-state index in [-0.39, 0.29) is 30.9 Å². The molecule has 0 aromatic heterocycles. The Morgan fingerprint density at radius 1 is 1.17 bits per heavy atom. The van der Waals surface area contributed by atoms with Crippen LogP contribution in [0.2, 0.25) is 0 Å². The molecule has 2 heterocycles. The third-order valence-corrected chi connectivity index (χ3v) is 7.08. The first kappa shape index (κ1) is 19.9. The van der Waals surface area contributed by atoms with Gasteiger partial charge in [-0.3, -0.25) is 14.4 Å². The molecule has 1 saturated heterocycles. The highest BCUT2D eigenvalue weighted by molar-refractivity contribution is 5.97. The molecule has 6 nitrogen and oxygen atoms in total. The van der Waals surface area contributed by atoms with E-state index < -0.39 is 11.9 Å². The number of amides is 2. The molecule has 0 spiro atoms. The van der Waals surface area contributed by atoms with E-state index in [1.165, 1.54) is 6.42 Å². The summed E-state index contributed by atoms with van der Waals surface area (Å²) in [6, 6.07) is 8.01. The zero-order valence-corrected chi connectivity index (χ0v) is 17.3. The average Bonchev–Trinajstić information content (AvgIpc) is 3.32. The average molecular weight is 399 g/mol. The number of anilines is 1. The maximum absolute atomic E-state index is 12.6. The number of carbonyl (C=O) groups excluding carboxylic acids is 3. The van der Waals surface area contributed by atoms with Gasteiger partial charge in [-0.25, -0.2) is 0 Å². The van der Waals surface area contributed by atoms with Crippen molar-refractivity contribution < 1.29 is 19.1 Å². The Labute approximate surface area is 172 Å². The first-order chi connectivity index (χ1) is 14.0. The maximum atomic E-state index is 12.6. The first-order valence-electron chi connectivity index (χ1n) is 10.8. The number of para-hydroxylation sites is 1. The van der Waals surface area contributed by atoms with E-state index in [2.05, 4.69) is 13.8 Å². The second kappa shape index (κ2) is 8.17. The van der Waals surface area contributed by atoms with Gasteiger partial charge in [0, 0.05) is 31.2 Å². The van der Waals surface area contributed by atoms with Crippen molar-refractivity contribution in [2.75, 3.05) is 24.6 Å². The van der Waals surface area contributed by atoms with Crippen molar-refractivity contribution in [3.05, 3.63) is 29.8 Å². The SMILES string of the molecule is C[C@H]1[C@H](N2C[C@H](C(=O)OCC(=O)N3CCc4ccccc43)CC2=O)CCC[C@@H]1C. The minimum absolute atomic E-state index is 0.0395. The van der Waals surface area contributed by atoms with Gasteiger partial charge in [0.2, 0.25) is 5.91 Å². The van der Waals surface area contributed by atoms with Crippen LogP contribution in [-0.2, 0) is 25.5 Å². The van der Waals surface area contributed by atoms with Gasteiger partial charge in [0.1, 0.15) is 0 Å². The fourth-order valence-corrected chi connectivity index (χ4v) is 5.13. The second-order valence-corrected chi connectivity index (χ2v) is 8.81. The van der Waals surface area contributed by atoms with E-state index in [4.69, 9.17) is 4.74 Å². The third kappa shape index (κ3) is 3.89. The lowest BCUT2D eigenvalue weighted by molar-refractivity contribution is -0.151. The molecule has 29 heavy (non-hydrogen) atoms. The van der Waals surface area contributed by atoms with Crippen LogP contribution in [-0.4, -0.2) is 48.4 Å². The van der Waals surface area contributed by atoms with Gasteiger partial charge >= 0.3 is 5.97 Å². The number of carbonyl (C=O) groups is 3. The molecule has 156 valence electrons. The second-order valence-electron chi connectivity index (χ2n) is 8.81. The molecular formula is C23H30N2O4. The molecule has 1 aromatic rings. The van der Waals surface area contributed by atoms with Crippen LogP contribution in [0.4, 0.5) is 5.69 Å². The standard InChI is InChI=1S/C23H30N2O4/c1-15-6-5-9-19(16(15)2)25-13-18(12-21(25)26)23(28)29-14-22(27)24-11-10-17-7-3-4-8-20(17)24/h3-4,7-8,15-16,18-19H,5-6,9-14H2,1-2H3/t15-,16+,18+,19+/m0/s1. The topological polar surface area (TPSA) is 66.9 Å². The van der Waals surface area contributed by atoms with Gasteiger partial charge in [0.05, 0.1) is 5.92 Å². The third-order valence-electron chi connectivity index (χ3n) is 7.08. The van der Waals surface area contributed by atoms with Crippen LogP contribution in [0.3, 0.4) is 0 Å². The van der Waals surface area contributed by atoms with Crippen LogP contribution < -0.4 is 4.90 Å². The Balaban J connectivity index is 1.32. The molecular weight excluding hydrogens is 368 g/mol. The van der Waals surface area contributed by atoms with E-state index in [9.17, 15) is 14.4 Å². The van der Waals surface area contributed by atoms with Gasteiger partial charge < -0.3 is 14.5 Å². The van der Waals surface area contributed by atoms with E-state index in [0.29, 0.717) is 24.9 Å². The molecule has 2 fully saturated rings. The number of likely N-dealkylation sites (tertiary alicyclic amines) is 1. The van der Waals surface area contributed by atoms with Crippen molar-refractivity contribution in [3.8, 4) is 0 Å². The Morgan fingerprint density at radius 3 is 2.79 bits per heavy atom. The van der Waals surface area contributed by atoms with Crippen molar-refractivity contribution in [1.29, 1.82) is 0 Å². The summed E-state index contributed by atoms with van der Waals surface area (Å²) in [5.41, 5.74) is 2.04. The van der Waals surface area contributed by atoms with Gasteiger partial charge in [-0.1, -0.05) is 44.9 Å². The number of ether oxygens (including phenoxy) is 1. The number of esters is 1. The molecule has 1 saturated carbocycles. The number of hydrogen-bond donors (Lipinski definition) is 0. The van der Waals surface area contributed by atoms with E-state index in [1.54, 1.807) is 4.90 Å². The van der Waals surface area contributed by atoms with Gasteiger partial charge in [-0.05, 0) is 36.3 Å². The lowest BCUT2D eigenvalue weighted by Gasteiger charge is -2.39. The van der Waals surface area contributed by atoms with Crippen molar-refractivity contribution in [1.82, 2.24) is 4.90 Å². The zero-order valence-electron chi connectivity index (χ0n) is 17.3. The summed E-state index contributed by atoms with van der Waals surface area (Å²) < 4.78 is 5.34. The lowest BCUT2D eigenvalue weighted by Crippen LogP contribution is -2.45. The highest BCUT2D eigenvalue weighted by Gasteiger charge is 2.42. The van der Waals surface area contributed by atoms with E-state index >= 15 is 0 Å². The molecule has 1 aliphatic carbocycles. The predicted octanol–water partition coefficient (Wildman–Crippen LogP) is 2.79. The quantitative estimate of drug-likeness (QED) is 0.732. The molecule has 2 amide bonds. The molecule has 2 aliphatic heterocycles. The highest BCUT2D eigenvalue weighted by atomic mass is 16.5. The highest BCUT2D eigenvalue weighted by Crippen LogP contribution is 2.36. The largest absolute Gasteiger partial charge is 0.455 e. The lowest BCUT2D eigenvalue weighted by atomic mass is 9.77. The van der Waals surface area contributed by atoms with Crippen molar-refractivity contribution in [2.24, 2.45) is 17.8 Å². The fourth-order valence-electron chi connectivity index (χ4n) is 5.13. The molecule has 4 atom stereocenters. The molecule has 1 aromatic carbocycles. The normalized spacial score (nSPS) is 29.1. The zero-order chi connectivity index (χ0) is 20.5. The first-order valence-corrected chi connectivity index (χ1v) is 10.8. The van der Waals surface area contributed by atoms with Crippen LogP contribution in [0, 0.1) is 17.8 Å². The van der Waals surface area contributed by atoms with Crippen molar-refractivity contribution in [2.45, 2.75) is 52.0 Å². The molecule has 0 unspecified atom stereocenters. The monoisotopic (exact) mass is 398 g/mol. The summed E-state index contributed by atoms with van der Waals surface area (Å²) in [5, 5.41) is 0. The van der Waals surface area contributed by atoms with Crippen molar-refractivity contribution >= 4 is 23.5 Å². The van der Waals surface area contributed by atoms with Crippen LogP contribution in [0.1, 0.15) is 45.1 Å². The molecule has 3 aliphatic rings. The van der Waals surface area contributed by atoms with Crippen molar-refractivity contribution in [3.63, 3.8) is 0 Å². The fraction of sp³-hybridized carbons (Fsp3) is 0.609. The molecule has 0 bridgehead atoms. The Bertz CT molecular complexity index is 808. The summed E-state index contributed by atoms with van der Waals surface area (Å²) in [7, 11) is 0. The Morgan fingerprint density at radius 2 is 1.97 bits per heavy atom. The Hall–Kier alpha value is -2.37. The van der Waals surface area contributed by atoms with Gasteiger partial charge in [-0.2, -0.15) is 0 Å². The van der Waals surface area contributed by atoms with Gasteiger partial charge in [0.15, 0.2) is 6.61 Å². The van der Waals surface area contributed by atoms with Gasteiger partial charge in [0.25, 0.3) is 5.91 Å². The van der Waals surface area contributed by atoms with E-state index in [1.807, 2.05) is 29.2 Å². The van der Waals surface area contributed by atoms with Gasteiger partial charge in [-0.15, -0.1) is 0 Å². The van der Waals surface area contributed by atoms with E-state index in [0.717, 1.165) is 30.5 Å². The van der Waals surface area contributed by atoms with Crippen LogP contribution in [0.5, 0.6) is 0 Å². The minimum atomic E-state index is -0.467. The predicted molar refractivity (Wildman–Crippen MR) is 109 cm³/mol. The number of hydrogen-bond acceptors (Lipinski definition) is 4. The Kier molecular flexibility index (Phi) is 5.61. The number of benzene rings is 1. The molecule has 6 heteroatoms. The summed E-state index contributed by atoms with van der Waals surface area (Å²) >= 11 is 0. The van der Waals surface area contributed by atoms with Crippen LogP contribution in [0.15, 0.2) is 24.3 Å². The summed E-state index contributed by atoms with van der Waals surface area (Å²) in [6.45, 7) is 5.21. The number of fused-ring (bicyclic) bond motifs is 1. The number of rotatable bonds is 4. The summed E-state index contributed by atoms with van der Waals surface area (Å²) in [5.74, 6) is -0.0338. The molecule has 0 radical (unpaired) electrons. The molecule has 0 N–H and O–H groups in total. The smallest absolute Gasteiger partial charge is 0.311 e. The number of nitrogens with zero attached hydrogens (tertiary/aromatic N) is 2. The molecule has 4 rings (SSSR count). The summed E-state index contributed by atoms with van der Waals surface area (Å²) in [4.78, 5) is 41.3. The van der Waals surface area contributed by atoms with Crippen LogP contribution in [0.25, 0.3) is 0 Å². The minimum Gasteiger partial charge on any atom is -0.455 e. The maximum Gasteiger partial charge on any atom is 0.311 e. The van der Waals surface area contributed by atoms with Crippen LogP contribution >= 0.6 is 0 Å².